The predicted octanol–water partition coefficient (Wildman–Crippen LogP) is 5.06. The number of hydrogen-bond acceptors (Lipinski definition) is 3. The summed E-state index contributed by atoms with van der Waals surface area (Å²) in [5.41, 5.74) is 2.96. The molecule has 0 aliphatic rings. The summed E-state index contributed by atoms with van der Waals surface area (Å²) < 4.78 is 5.74. The number of carbonyl (C=O) groups excluding carboxylic acids is 2. The second-order valence-electron chi connectivity index (χ2n) is 7.95. The quantitative estimate of drug-likeness (QED) is 0.557. The molecular formula is C25H33ClN2O3. The van der Waals surface area contributed by atoms with Crippen LogP contribution in [0, 0.1) is 13.8 Å². The van der Waals surface area contributed by atoms with E-state index in [0.717, 1.165) is 23.1 Å². The molecule has 0 bridgehead atoms. The third-order valence-corrected chi connectivity index (χ3v) is 5.74. The van der Waals surface area contributed by atoms with E-state index in [1.807, 2.05) is 58.9 Å². The molecule has 31 heavy (non-hydrogen) atoms. The fraction of sp³-hybridized carbons (Fsp3) is 0.440. The third-order valence-electron chi connectivity index (χ3n) is 5.31. The first-order valence-electron chi connectivity index (χ1n) is 10.8. The number of ether oxygens (including phenoxy) is 1. The maximum atomic E-state index is 13.2. The summed E-state index contributed by atoms with van der Waals surface area (Å²) in [5, 5.41) is 3.66. The maximum absolute atomic E-state index is 13.2. The van der Waals surface area contributed by atoms with Gasteiger partial charge in [0.2, 0.25) is 5.91 Å². The van der Waals surface area contributed by atoms with Crippen molar-refractivity contribution in [3.05, 3.63) is 64.2 Å². The van der Waals surface area contributed by atoms with E-state index in [4.69, 9.17) is 16.3 Å². The zero-order valence-corrected chi connectivity index (χ0v) is 19.8. The van der Waals surface area contributed by atoms with Crippen LogP contribution in [-0.4, -0.2) is 35.4 Å². The Hall–Kier alpha value is -2.53. The highest BCUT2D eigenvalue weighted by molar-refractivity contribution is 6.31. The summed E-state index contributed by atoms with van der Waals surface area (Å²) in [6.45, 7) is 9.98. The van der Waals surface area contributed by atoms with E-state index >= 15 is 0 Å². The van der Waals surface area contributed by atoms with Gasteiger partial charge in [0, 0.05) is 17.6 Å². The van der Waals surface area contributed by atoms with Gasteiger partial charge in [-0.25, -0.2) is 0 Å². The van der Waals surface area contributed by atoms with Crippen molar-refractivity contribution in [1.82, 2.24) is 10.2 Å². The average molecular weight is 445 g/mol. The molecule has 0 unspecified atom stereocenters. The van der Waals surface area contributed by atoms with Gasteiger partial charge in [0.1, 0.15) is 11.8 Å². The molecule has 0 spiro atoms. The van der Waals surface area contributed by atoms with Crippen molar-refractivity contribution >= 4 is 23.4 Å². The topological polar surface area (TPSA) is 58.6 Å². The van der Waals surface area contributed by atoms with Crippen molar-refractivity contribution in [1.29, 1.82) is 0 Å². The Bertz CT molecular complexity index is 900. The van der Waals surface area contributed by atoms with Crippen LogP contribution in [0.25, 0.3) is 0 Å². The Morgan fingerprint density at radius 3 is 2.45 bits per heavy atom. The van der Waals surface area contributed by atoms with Crippen molar-refractivity contribution < 1.29 is 14.3 Å². The van der Waals surface area contributed by atoms with Gasteiger partial charge in [-0.05, 0) is 62.9 Å². The lowest BCUT2D eigenvalue weighted by Gasteiger charge is -2.31. The average Bonchev–Trinajstić information content (AvgIpc) is 2.74. The van der Waals surface area contributed by atoms with Gasteiger partial charge < -0.3 is 15.0 Å². The number of nitrogens with zero attached hydrogens (tertiary/aromatic N) is 1. The third kappa shape index (κ3) is 7.28. The molecule has 2 amide bonds. The standard InChI is InChI=1S/C25H33ClN2O3/c1-6-19(5)27-25(30)23(7-2)28(15-20-10-8-9-17(3)13-20)24(29)16-31-21-11-12-22(26)18(4)14-21/h8-14,19,23H,6-7,15-16H2,1-5H3,(H,27,30)/t19-,23-/m0/s1. The molecule has 0 radical (unpaired) electrons. The Kier molecular flexibility index (Phi) is 9.38. The van der Waals surface area contributed by atoms with Crippen LogP contribution in [0.4, 0.5) is 0 Å². The zero-order chi connectivity index (χ0) is 23.0. The first kappa shape index (κ1) is 24.7. The highest BCUT2D eigenvalue weighted by Gasteiger charge is 2.29. The molecule has 0 aliphatic carbocycles. The van der Waals surface area contributed by atoms with E-state index in [1.165, 1.54) is 0 Å². The molecule has 1 N–H and O–H groups in total. The number of rotatable bonds is 10. The highest BCUT2D eigenvalue weighted by Crippen LogP contribution is 2.21. The summed E-state index contributed by atoms with van der Waals surface area (Å²) in [7, 11) is 0. The minimum atomic E-state index is -0.572. The van der Waals surface area contributed by atoms with Crippen LogP contribution < -0.4 is 10.1 Å². The summed E-state index contributed by atoms with van der Waals surface area (Å²) >= 11 is 6.07. The number of hydrogen-bond donors (Lipinski definition) is 1. The fourth-order valence-corrected chi connectivity index (χ4v) is 3.42. The van der Waals surface area contributed by atoms with Gasteiger partial charge in [-0.1, -0.05) is 55.3 Å². The maximum Gasteiger partial charge on any atom is 0.261 e. The Morgan fingerprint density at radius 1 is 1.10 bits per heavy atom. The van der Waals surface area contributed by atoms with Crippen molar-refractivity contribution in [2.24, 2.45) is 0 Å². The van der Waals surface area contributed by atoms with E-state index in [-0.39, 0.29) is 24.5 Å². The van der Waals surface area contributed by atoms with Gasteiger partial charge in [0.15, 0.2) is 6.61 Å². The molecule has 2 aromatic rings. The molecule has 5 nitrogen and oxygen atoms in total. The van der Waals surface area contributed by atoms with Gasteiger partial charge in [-0.15, -0.1) is 0 Å². The smallest absolute Gasteiger partial charge is 0.261 e. The number of amides is 2. The Labute approximate surface area is 190 Å². The summed E-state index contributed by atoms with van der Waals surface area (Å²) in [6, 6.07) is 12.7. The second-order valence-corrected chi connectivity index (χ2v) is 8.36. The summed E-state index contributed by atoms with van der Waals surface area (Å²) in [4.78, 5) is 27.8. The molecule has 2 atom stereocenters. The lowest BCUT2D eigenvalue weighted by atomic mass is 10.1. The number of aryl methyl sites for hydroxylation is 2. The molecule has 6 heteroatoms. The molecular weight excluding hydrogens is 412 g/mol. The van der Waals surface area contributed by atoms with E-state index in [2.05, 4.69) is 5.32 Å². The van der Waals surface area contributed by atoms with Gasteiger partial charge in [0.25, 0.3) is 5.91 Å². The minimum Gasteiger partial charge on any atom is -0.484 e. The molecule has 2 rings (SSSR count). The number of benzene rings is 2. The van der Waals surface area contributed by atoms with E-state index in [9.17, 15) is 9.59 Å². The van der Waals surface area contributed by atoms with Crippen LogP contribution in [0.2, 0.25) is 5.02 Å². The van der Waals surface area contributed by atoms with Crippen LogP contribution in [0.3, 0.4) is 0 Å². The largest absolute Gasteiger partial charge is 0.484 e. The van der Waals surface area contributed by atoms with E-state index in [0.29, 0.717) is 23.7 Å². The normalized spacial score (nSPS) is 12.7. The van der Waals surface area contributed by atoms with Gasteiger partial charge in [-0.3, -0.25) is 9.59 Å². The molecule has 0 saturated carbocycles. The number of nitrogens with one attached hydrogen (secondary N) is 1. The van der Waals surface area contributed by atoms with Crippen molar-refractivity contribution in [2.75, 3.05) is 6.61 Å². The van der Waals surface area contributed by atoms with Crippen LogP contribution in [0.15, 0.2) is 42.5 Å². The second kappa shape index (κ2) is 11.8. The Balaban J connectivity index is 2.22. The van der Waals surface area contributed by atoms with Crippen LogP contribution >= 0.6 is 11.6 Å². The van der Waals surface area contributed by atoms with Crippen LogP contribution in [-0.2, 0) is 16.1 Å². The monoisotopic (exact) mass is 444 g/mol. The number of halogens is 1. The molecule has 168 valence electrons. The lowest BCUT2D eigenvalue weighted by molar-refractivity contribution is -0.143. The van der Waals surface area contributed by atoms with Gasteiger partial charge in [0.05, 0.1) is 0 Å². The van der Waals surface area contributed by atoms with Crippen molar-refractivity contribution in [3.8, 4) is 5.75 Å². The van der Waals surface area contributed by atoms with E-state index in [1.54, 1.807) is 23.1 Å². The first-order chi connectivity index (χ1) is 14.7. The molecule has 0 saturated heterocycles. The number of carbonyl (C=O) groups is 2. The van der Waals surface area contributed by atoms with Gasteiger partial charge >= 0.3 is 0 Å². The first-order valence-corrected chi connectivity index (χ1v) is 11.2. The Morgan fingerprint density at radius 2 is 1.84 bits per heavy atom. The van der Waals surface area contributed by atoms with Crippen molar-refractivity contribution in [2.45, 2.75) is 66.1 Å². The molecule has 0 aromatic heterocycles. The van der Waals surface area contributed by atoms with E-state index < -0.39 is 6.04 Å². The molecule has 0 heterocycles. The zero-order valence-electron chi connectivity index (χ0n) is 19.1. The molecule has 2 aromatic carbocycles. The van der Waals surface area contributed by atoms with Gasteiger partial charge in [-0.2, -0.15) is 0 Å². The van der Waals surface area contributed by atoms with Crippen molar-refractivity contribution in [3.63, 3.8) is 0 Å². The molecule has 0 fully saturated rings. The molecule has 0 aliphatic heterocycles. The fourth-order valence-electron chi connectivity index (χ4n) is 3.30. The summed E-state index contributed by atoms with van der Waals surface area (Å²) in [6.07, 6.45) is 1.34. The lowest BCUT2D eigenvalue weighted by Crippen LogP contribution is -2.51. The summed E-state index contributed by atoms with van der Waals surface area (Å²) in [5.74, 6) is 0.198. The highest BCUT2D eigenvalue weighted by atomic mass is 35.5. The SMILES string of the molecule is CC[C@H](C)NC(=O)[C@H](CC)N(Cc1cccc(C)c1)C(=O)COc1ccc(Cl)c(C)c1. The minimum absolute atomic E-state index is 0.0470. The van der Waals surface area contributed by atoms with Crippen LogP contribution in [0.1, 0.15) is 50.3 Å². The van der Waals surface area contributed by atoms with Crippen LogP contribution in [0.5, 0.6) is 5.75 Å². The predicted molar refractivity (Wildman–Crippen MR) is 125 cm³/mol.